The number of hydrogen-bond acceptors (Lipinski definition) is 4. The summed E-state index contributed by atoms with van der Waals surface area (Å²) in [5.41, 5.74) is -2.02. The number of carboxylic acid groups (broad SMARTS) is 1. The van der Waals surface area contributed by atoms with E-state index in [2.05, 4.69) is 0 Å². The van der Waals surface area contributed by atoms with Crippen LogP contribution in [0.5, 0.6) is 0 Å². The van der Waals surface area contributed by atoms with E-state index in [1.54, 1.807) is 6.92 Å². The summed E-state index contributed by atoms with van der Waals surface area (Å²) in [6.07, 6.45) is -4.77. The summed E-state index contributed by atoms with van der Waals surface area (Å²) in [5, 5.41) is 17.9. The molecule has 10 heteroatoms. The Bertz CT molecular complexity index is 814. The topological polar surface area (TPSA) is 98.5 Å². The first-order valence-corrected chi connectivity index (χ1v) is 8.26. The Morgan fingerprint density at radius 3 is 2.46 bits per heavy atom. The second-order valence-corrected chi connectivity index (χ2v) is 7.50. The number of hydrogen-bond donors (Lipinski definition) is 1. The first kappa shape index (κ1) is 18.2. The first-order valence-electron chi connectivity index (χ1n) is 6.82. The van der Waals surface area contributed by atoms with E-state index in [1.807, 2.05) is 0 Å². The standard InChI is InChI=1S/C14H13F3N2O4S/c1-8-6-19(7-11(8)13(20)21)24(22,23)10-2-3-12(14(15,16)17)9(4-10)5-18/h2-4,8,11H,6-7H2,1H3,(H,20,21)/t8-,11-/m1/s1. The highest BCUT2D eigenvalue weighted by molar-refractivity contribution is 7.89. The number of sulfonamides is 1. The molecule has 0 aliphatic carbocycles. The molecular weight excluding hydrogens is 349 g/mol. The predicted octanol–water partition coefficient (Wildman–Crippen LogP) is 1.92. The number of carbonyl (C=O) groups is 1. The van der Waals surface area contributed by atoms with Crippen LogP contribution in [0.1, 0.15) is 18.1 Å². The molecule has 130 valence electrons. The average molecular weight is 362 g/mol. The third-order valence-corrected chi connectivity index (χ3v) is 5.78. The Hall–Kier alpha value is -2.12. The van der Waals surface area contributed by atoms with Gasteiger partial charge in [-0.25, -0.2) is 8.42 Å². The molecule has 0 bridgehead atoms. The molecule has 24 heavy (non-hydrogen) atoms. The summed E-state index contributed by atoms with van der Waals surface area (Å²) in [4.78, 5) is 10.6. The van der Waals surface area contributed by atoms with Crippen LogP contribution in [-0.4, -0.2) is 36.9 Å². The van der Waals surface area contributed by atoms with Crippen molar-refractivity contribution in [1.29, 1.82) is 5.26 Å². The minimum atomic E-state index is -4.77. The van der Waals surface area contributed by atoms with Gasteiger partial charge in [-0.15, -0.1) is 0 Å². The Labute approximate surface area is 136 Å². The molecule has 0 spiro atoms. The molecule has 1 heterocycles. The van der Waals surface area contributed by atoms with Gasteiger partial charge in [0.1, 0.15) is 0 Å². The van der Waals surface area contributed by atoms with Crippen molar-refractivity contribution in [3.8, 4) is 6.07 Å². The highest BCUT2D eigenvalue weighted by atomic mass is 32.2. The number of alkyl halides is 3. The fourth-order valence-corrected chi connectivity index (χ4v) is 4.21. The molecule has 1 N–H and O–H groups in total. The maximum absolute atomic E-state index is 12.8. The van der Waals surface area contributed by atoms with Gasteiger partial charge in [0.15, 0.2) is 0 Å². The Kier molecular flexibility index (Phi) is 4.61. The largest absolute Gasteiger partial charge is 0.481 e. The van der Waals surface area contributed by atoms with Crippen LogP contribution < -0.4 is 0 Å². The summed E-state index contributed by atoms with van der Waals surface area (Å²) in [6.45, 7) is 1.27. The summed E-state index contributed by atoms with van der Waals surface area (Å²) in [5.74, 6) is -2.45. The van der Waals surface area contributed by atoms with Crippen molar-refractivity contribution >= 4 is 16.0 Å². The van der Waals surface area contributed by atoms with Gasteiger partial charge in [-0.1, -0.05) is 6.92 Å². The van der Waals surface area contributed by atoms with Crippen molar-refractivity contribution < 1.29 is 31.5 Å². The molecule has 0 radical (unpaired) electrons. The van der Waals surface area contributed by atoms with Crippen LogP contribution in [0.15, 0.2) is 23.1 Å². The van der Waals surface area contributed by atoms with Gasteiger partial charge in [-0.3, -0.25) is 4.79 Å². The molecule has 6 nitrogen and oxygen atoms in total. The summed E-state index contributed by atoms with van der Waals surface area (Å²) >= 11 is 0. The molecule has 2 atom stereocenters. The highest BCUT2D eigenvalue weighted by Gasteiger charge is 2.41. The van der Waals surface area contributed by atoms with Gasteiger partial charge in [0.05, 0.1) is 28.0 Å². The van der Waals surface area contributed by atoms with Gasteiger partial charge in [0.25, 0.3) is 0 Å². The van der Waals surface area contributed by atoms with Crippen molar-refractivity contribution in [1.82, 2.24) is 4.31 Å². The van der Waals surface area contributed by atoms with Gasteiger partial charge in [0, 0.05) is 13.1 Å². The molecule has 2 rings (SSSR count). The van der Waals surface area contributed by atoms with E-state index in [9.17, 15) is 26.4 Å². The third-order valence-electron chi connectivity index (χ3n) is 3.95. The monoisotopic (exact) mass is 362 g/mol. The van der Waals surface area contributed by atoms with Gasteiger partial charge in [0.2, 0.25) is 10.0 Å². The lowest BCUT2D eigenvalue weighted by molar-refractivity contribution is -0.142. The number of nitriles is 1. The molecule has 0 aromatic heterocycles. The van der Waals surface area contributed by atoms with E-state index in [4.69, 9.17) is 10.4 Å². The number of carboxylic acids is 1. The quantitative estimate of drug-likeness (QED) is 0.886. The van der Waals surface area contributed by atoms with Crippen LogP contribution in [0.2, 0.25) is 0 Å². The van der Waals surface area contributed by atoms with E-state index in [0.717, 1.165) is 10.4 Å². The minimum Gasteiger partial charge on any atom is -0.481 e. The van der Waals surface area contributed by atoms with Gasteiger partial charge >= 0.3 is 12.1 Å². The molecule has 1 saturated heterocycles. The number of rotatable bonds is 3. The maximum atomic E-state index is 12.8. The van der Waals surface area contributed by atoms with Gasteiger partial charge < -0.3 is 5.11 Å². The van der Waals surface area contributed by atoms with Crippen molar-refractivity contribution in [2.75, 3.05) is 13.1 Å². The zero-order valence-corrected chi connectivity index (χ0v) is 13.2. The smallest absolute Gasteiger partial charge is 0.417 e. The van der Waals surface area contributed by atoms with Crippen LogP contribution in [-0.2, 0) is 21.0 Å². The van der Waals surface area contributed by atoms with Crippen molar-refractivity contribution in [2.45, 2.75) is 18.0 Å². The van der Waals surface area contributed by atoms with E-state index >= 15 is 0 Å². The second-order valence-electron chi connectivity index (χ2n) is 5.56. The van der Waals surface area contributed by atoms with E-state index in [-0.39, 0.29) is 13.1 Å². The molecule has 1 aliphatic rings. The zero-order chi connectivity index (χ0) is 18.3. The maximum Gasteiger partial charge on any atom is 0.417 e. The predicted molar refractivity (Wildman–Crippen MR) is 75.2 cm³/mol. The number of nitrogens with zero attached hydrogens (tertiary/aromatic N) is 2. The van der Waals surface area contributed by atoms with E-state index < -0.39 is 50.0 Å². The fourth-order valence-electron chi connectivity index (χ4n) is 2.61. The molecule has 0 amide bonds. The van der Waals surface area contributed by atoms with Crippen LogP contribution in [0.3, 0.4) is 0 Å². The summed E-state index contributed by atoms with van der Waals surface area (Å²) < 4.78 is 64.3. The molecule has 0 unspecified atom stereocenters. The molecular formula is C14H13F3N2O4S. The number of benzene rings is 1. The van der Waals surface area contributed by atoms with Crippen LogP contribution in [0.4, 0.5) is 13.2 Å². The minimum absolute atomic E-state index is 0.0534. The molecule has 1 aliphatic heterocycles. The van der Waals surface area contributed by atoms with E-state index in [1.165, 1.54) is 6.07 Å². The Morgan fingerprint density at radius 2 is 2.00 bits per heavy atom. The first-order chi connectivity index (χ1) is 11.0. The van der Waals surface area contributed by atoms with Crippen LogP contribution >= 0.6 is 0 Å². The van der Waals surface area contributed by atoms with Crippen LogP contribution in [0.25, 0.3) is 0 Å². The Morgan fingerprint density at radius 1 is 1.38 bits per heavy atom. The van der Waals surface area contributed by atoms with Crippen molar-refractivity contribution in [2.24, 2.45) is 11.8 Å². The zero-order valence-electron chi connectivity index (χ0n) is 12.4. The second kappa shape index (κ2) is 6.07. The third kappa shape index (κ3) is 3.22. The lowest BCUT2D eigenvalue weighted by Gasteiger charge is -2.17. The van der Waals surface area contributed by atoms with Crippen molar-refractivity contribution in [3.05, 3.63) is 29.3 Å². The summed E-state index contributed by atoms with van der Waals surface area (Å²) in [7, 11) is -4.18. The fraction of sp³-hybridized carbons (Fsp3) is 0.429. The number of aliphatic carboxylic acids is 1. The lowest BCUT2D eigenvalue weighted by Crippen LogP contribution is -2.30. The average Bonchev–Trinajstić information content (AvgIpc) is 2.88. The molecule has 1 fully saturated rings. The SMILES string of the molecule is C[C@@H]1CN(S(=O)(=O)c2ccc(C(F)(F)F)c(C#N)c2)C[C@H]1C(=O)O. The van der Waals surface area contributed by atoms with Crippen molar-refractivity contribution in [3.63, 3.8) is 0 Å². The van der Waals surface area contributed by atoms with E-state index in [0.29, 0.717) is 12.1 Å². The number of halogens is 3. The summed E-state index contributed by atoms with van der Waals surface area (Å²) in [6, 6.07) is 3.32. The highest BCUT2D eigenvalue weighted by Crippen LogP contribution is 2.34. The van der Waals surface area contributed by atoms with Gasteiger partial charge in [-0.2, -0.15) is 22.7 Å². The Balaban J connectivity index is 2.41. The molecule has 0 saturated carbocycles. The van der Waals surface area contributed by atoms with Gasteiger partial charge in [-0.05, 0) is 24.1 Å². The lowest BCUT2D eigenvalue weighted by atomic mass is 9.99. The van der Waals surface area contributed by atoms with Crippen LogP contribution in [0, 0.1) is 23.2 Å². The molecule has 1 aromatic carbocycles. The normalized spacial score (nSPS) is 22.3. The molecule has 1 aromatic rings.